The number of carbonyl (C=O) groups excluding carboxylic acids is 2. The van der Waals surface area contributed by atoms with Crippen LogP contribution in [0, 0.1) is 0 Å². The maximum atomic E-state index is 11.5. The summed E-state index contributed by atoms with van der Waals surface area (Å²) in [6.07, 6.45) is 2.36. The summed E-state index contributed by atoms with van der Waals surface area (Å²) in [4.78, 5) is 22.6. The summed E-state index contributed by atoms with van der Waals surface area (Å²) in [6, 6.07) is 0. The van der Waals surface area contributed by atoms with Crippen molar-refractivity contribution in [2.24, 2.45) is 0 Å². The molecule has 100 valence electrons. The van der Waals surface area contributed by atoms with Gasteiger partial charge in [-0.2, -0.15) is 0 Å². The third-order valence-corrected chi connectivity index (χ3v) is 3.44. The number of halogens is 2. The normalized spacial score (nSPS) is 11.1. The van der Waals surface area contributed by atoms with Gasteiger partial charge >= 0.3 is 11.9 Å². The van der Waals surface area contributed by atoms with Crippen molar-refractivity contribution in [1.29, 1.82) is 0 Å². The lowest BCUT2D eigenvalue weighted by Gasteiger charge is -2.17. The molecule has 0 N–H and O–H groups in total. The Hall–Kier alpha value is -0.100. The van der Waals surface area contributed by atoms with E-state index in [4.69, 9.17) is 9.47 Å². The minimum atomic E-state index is -0.843. The van der Waals surface area contributed by atoms with Gasteiger partial charge in [0.2, 0.25) is 0 Å². The summed E-state index contributed by atoms with van der Waals surface area (Å²) >= 11 is 6.54. The van der Waals surface area contributed by atoms with Crippen molar-refractivity contribution in [3.63, 3.8) is 0 Å². The maximum Gasteiger partial charge on any atom is 0.333 e. The molecule has 17 heavy (non-hydrogen) atoms. The quantitative estimate of drug-likeness (QED) is 0.372. The topological polar surface area (TPSA) is 52.6 Å². The molecule has 0 aromatic rings. The summed E-state index contributed by atoms with van der Waals surface area (Å²) in [5, 5.41) is 0. The van der Waals surface area contributed by atoms with E-state index in [0.717, 1.165) is 6.42 Å². The van der Waals surface area contributed by atoms with E-state index in [1.54, 1.807) is 13.8 Å². The molecule has 0 aliphatic rings. The molecule has 0 rings (SSSR count). The van der Waals surface area contributed by atoms with Gasteiger partial charge in [0.15, 0.2) is 3.23 Å². The lowest BCUT2D eigenvalue weighted by molar-refractivity contribution is -0.143. The van der Waals surface area contributed by atoms with Crippen molar-refractivity contribution in [1.82, 2.24) is 0 Å². The third-order valence-electron chi connectivity index (χ3n) is 2.00. The van der Waals surface area contributed by atoms with Crippen molar-refractivity contribution in [2.45, 2.75) is 42.8 Å². The van der Waals surface area contributed by atoms with E-state index in [0.29, 0.717) is 32.5 Å². The van der Waals surface area contributed by atoms with E-state index in [1.165, 1.54) is 0 Å². The van der Waals surface area contributed by atoms with E-state index in [9.17, 15) is 9.59 Å². The van der Waals surface area contributed by atoms with Crippen molar-refractivity contribution >= 4 is 43.8 Å². The first-order valence-corrected chi connectivity index (χ1v) is 7.23. The molecule has 0 heterocycles. The zero-order valence-corrected chi connectivity index (χ0v) is 13.3. The first-order chi connectivity index (χ1) is 7.94. The average molecular weight is 374 g/mol. The molecule has 0 fully saturated rings. The van der Waals surface area contributed by atoms with Crippen LogP contribution in [0.4, 0.5) is 0 Å². The van der Waals surface area contributed by atoms with Crippen molar-refractivity contribution in [2.75, 3.05) is 13.2 Å². The van der Waals surface area contributed by atoms with Gasteiger partial charge in [-0.05, 0) is 26.7 Å². The number of esters is 2. The lowest BCUT2D eigenvalue weighted by atomic mass is 10.1. The van der Waals surface area contributed by atoms with Gasteiger partial charge in [0, 0.05) is 6.42 Å². The van der Waals surface area contributed by atoms with E-state index < -0.39 is 3.23 Å². The molecule has 0 spiro atoms. The molecule has 0 aliphatic carbocycles. The predicted molar refractivity (Wildman–Crippen MR) is 72.3 cm³/mol. The average Bonchev–Trinajstić information content (AvgIpc) is 2.25. The number of alkyl halides is 2. The minimum absolute atomic E-state index is 0.196. The Bertz CT molecular complexity index is 254. The third kappa shape index (κ3) is 7.76. The molecule has 0 aromatic carbocycles. The monoisotopic (exact) mass is 372 g/mol. The van der Waals surface area contributed by atoms with Gasteiger partial charge in [-0.1, -0.05) is 38.3 Å². The van der Waals surface area contributed by atoms with Crippen LogP contribution in [0.2, 0.25) is 0 Å². The van der Waals surface area contributed by atoms with Crippen molar-refractivity contribution < 1.29 is 19.1 Å². The molecular formula is C11H18Br2O4. The van der Waals surface area contributed by atoms with Gasteiger partial charge in [0.25, 0.3) is 0 Å². The highest BCUT2D eigenvalue weighted by molar-refractivity contribution is 9.25. The van der Waals surface area contributed by atoms with Gasteiger partial charge in [-0.25, -0.2) is 4.79 Å². The van der Waals surface area contributed by atoms with Gasteiger partial charge in [-0.3, -0.25) is 4.79 Å². The second-order valence-corrected chi connectivity index (χ2v) is 7.21. The second-order valence-electron chi connectivity index (χ2n) is 3.44. The van der Waals surface area contributed by atoms with Crippen LogP contribution in [0.1, 0.15) is 39.5 Å². The molecule has 0 bridgehead atoms. The fourth-order valence-corrected chi connectivity index (χ4v) is 1.98. The van der Waals surface area contributed by atoms with E-state index in [-0.39, 0.29) is 11.9 Å². The Kier molecular flexibility index (Phi) is 8.86. The number of rotatable bonds is 8. The van der Waals surface area contributed by atoms with Crippen LogP contribution in [0.5, 0.6) is 0 Å². The van der Waals surface area contributed by atoms with Crippen LogP contribution in [0.15, 0.2) is 0 Å². The van der Waals surface area contributed by atoms with E-state index >= 15 is 0 Å². The number of ether oxygens (including phenoxy) is 2. The number of unbranched alkanes of at least 4 members (excludes halogenated alkanes) is 1. The van der Waals surface area contributed by atoms with Crippen molar-refractivity contribution in [3.05, 3.63) is 0 Å². The van der Waals surface area contributed by atoms with Gasteiger partial charge in [-0.15, -0.1) is 0 Å². The molecule has 0 radical (unpaired) electrons. The Morgan fingerprint density at radius 2 is 1.65 bits per heavy atom. The number of hydrogen-bond acceptors (Lipinski definition) is 4. The molecular weight excluding hydrogens is 356 g/mol. The molecule has 0 aromatic heterocycles. The van der Waals surface area contributed by atoms with Crippen LogP contribution in [-0.4, -0.2) is 28.4 Å². The van der Waals surface area contributed by atoms with Gasteiger partial charge in [0.1, 0.15) is 0 Å². The molecule has 0 aliphatic heterocycles. The Morgan fingerprint density at radius 3 is 2.18 bits per heavy atom. The molecule has 0 amide bonds. The SMILES string of the molecule is CCOC(=O)CCCCC(Br)(Br)C(=O)OCC. The minimum Gasteiger partial charge on any atom is -0.466 e. The van der Waals surface area contributed by atoms with Crippen LogP contribution < -0.4 is 0 Å². The molecule has 6 heteroatoms. The highest BCUT2D eigenvalue weighted by Gasteiger charge is 2.33. The van der Waals surface area contributed by atoms with Gasteiger partial charge < -0.3 is 9.47 Å². The fraction of sp³-hybridized carbons (Fsp3) is 0.818. The summed E-state index contributed by atoms with van der Waals surface area (Å²) in [5.41, 5.74) is 0. The first kappa shape index (κ1) is 16.9. The maximum absolute atomic E-state index is 11.5. The lowest BCUT2D eigenvalue weighted by Crippen LogP contribution is -2.27. The van der Waals surface area contributed by atoms with Crippen molar-refractivity contribution in [3.8, 4) is 0 Å². The Balaban J connectivity index is 3.79. The highest BCUT2D eigenvalue weighted by atomic mass is 79.9. The molecule has 0 saturated carbocycles. The van der Waals surface area contributed by atoms with Crippen LogP contribution in [-0.2, 0) is 19.1 Å². The van der Waals surface area contributed by atoms with Crippen LogP contribution in [0.3, 0.4) is 0 Å². The Morgan fingerprint density at radius 1 is 1.06 bits per heavy atom. The predicted octanol–water partition coefficient (Wildman–Crippen LogP) is 3.16. The highest BCUT2D eigenvalue weighted by Crippen LogP contribution is 2.33. The summed E-state index contributed by atoms with van der Waals surface area (Å²) in [5.74, 6) is -0.533. The fourth-order valence-electron chi connectivity index (χ4n) is 1.19. The molecule has 0 unspecified atom stereocenters. The standard InChI is InChI=1S/C11H18Br2O4/c1-3-16-9(14)7-5-6-8-11(12,13)10(15)17-4-2/h3-8H2,1-2H3. The molecule has 4 nitrogen and oxygen atoms in total. The smallest absolute Gasteiger partial charge is 0.333 e. The number of hydrogen-bond donors (Lipinski definition) is 0. The molecule has 0 atom stereocenters. The summed E-state index contributed by atoms with van der Waals surface area (Å²) in [6.45, 7) is 4.29. The van der Waals surface area contributed by atoms with Crippen LogP contribution >= 0.6 is 31.9 Å². The van der Waals surface area contributed by atoms with Crippen LogP contribution in [0.25, 0.3) is 0 Å². The molecule has 0 saturated heterocycles. The largest absolute Gasteiger partial charge is 0.466 e. The Labute approximate surface area is 119 Å². The summed E-state index contributed by atoms with van der Waals surface area (Å²) < 4.78 is 8.86. The first-order valence-electron chi connectivity index (χ1n) is 5.64. The van der Waals surface area contributed by atoms with Gasteiger partial charge in [0.05, 0.1) is 13.2 Å². The zero-order chi connectivity index (χ0) is 13.3. The van der Waals surface area contributed by atoms with E-state index in [1.807, 2.05) is 0 Å². The second kappa shape index (κ2) is 8.91. The van der Waals surface area contributed by atoms with E-state index in [2.05, 4.69) is 31.9 Å². The zero-order valence-electron chi connectivity index (χ0n) is 10.1. The summed E-state index contributed by atoms with van der Waals surface area (Å²) in [7, 11) is 0. The number of carbonyl (C=O) groups is 2.